The molecular weight excluding hydrogens is 260 g/mol. The fourth-order valence-electron chi connectivity index (χ4n) is 2.84. The van der Waals surface area contributed by atoms with Gasteiger partial charge in [0.1, 0.15) is 0 Å². The molecule has 2 N–H and O–H groups in total. The zero-order valence-electron chi connectivity index (χ0n) is 11.6. The summed E-state index contributed by atoms with van der Waals surface area (Å²) < 4.78 is 7.21. The molecule has 0 radical (unpaired) electrons. The van der Waals surface area contributed by atoms with Crippen molar-refractivity contribution in [2.24, 2.45) is 17.6 Å². The standard InChI is InChI=1S/C12H20N6O2/c1-17(10-4-9(5-10)11(13)19)12-14-15-16-18(12)6-8-2-3-20-7-8/h8-10H,2-7H2,1H3,(H2,13,19). The lowest BCUT2D eigenvalue weighted by atomic mass is 9.79. The molecule has 1 aliphatic heterocycles. The van der Waals surface area contributed by atoms with E-state index in [9.17, 15) is 4.79 Å². The third-order valence-corrected chi connectivity index (χ3v) is 4.35. The minimum Gasteiger partial charge on any atom is -0.381 e. The van der Waals surface area contributed by atoms with Crippen molar-refractivity contribution >= 4 is 11.9 Å². The van der Waals surface area contributed by atoms with Crippen LogP contribution in [0.5, 0.6) is 0 Å². The van der Waals surface area contributed by atoms with Gasteiger partial charge in [0.25, 0.3) is 0 Å². The van der Waals surface area contributed by atoms with Crippen molar-refractivity contribution in [2.75, 3.05) is 25.2 Å². The molecule has 8 nitrogen and oxygen atoms in total. The second kappa shape index (κ2) is 5.35. The predicted octanol–water partition coefficient (Wildman–Crippen LogP) is -0.590. The van der Waals surface area contributed by atoms with Gasteiger partial charge in [0.05, 0.1) is 13.2 Å². The van der Waals surface area contributed by atoms with Gasteiger partial charge in [0.15, 0.2) is 0 Å². The van der Waals surface area contributed by atoms with Crippen LogP contribution in [0.15, 0.2) is 0 Å². The first-order chi connectivity index (χ1) is 9.65. The Labute approximate surface area is 117 Å². The largest absolute Gasteiger partial charge is 0.381 e. The van der Waals surface area contributed by atoms with Gasteiger partial charge >= 0.3 is 0 Å². The molecule has 1 unspecified atom stereocenters. The highest BCUT2D eigenvalue weighted by atomic mass is 16.5. The summed E-state index contributed by atoms with van der Waals surface area (Å²) in [4.78, 5) is 13.1. The van der Waals surface area contributed by atoms with Crippen LogP contribution in [0.4, 0.5) is 5.95 Å². The van der Waals surface area contributed by atoms with E-state index in [1.807, 2.05) is 11.7 Å². The molecule has 8 heteroatoms. The maximum absolute atomic E-state index is 11.1. The third-order valence-electron chi connectivity index (χ3n) is 4.35. The van der Waals surface area contributed by atoms with Crippen LogP contribution in [-0.2, 0) is 16.1 Å². The molecule has 2 fully saturated rings. The van der Waals surface area contributed by atoms with Gasteiger partial charge < -0.3 is 15.4 Å². The Hall–Kier alpha value is -1.70. The summed E-state index contributed by atoms with van der Waals surface area (Å²) >= 11 is 0. The van der Waals surface area contributed by atoms with Crippen molar-refractivity contribution in [3.05, 3.63) is 0 Å². The van der Waals surface area contributed by atoms with Crippen LogP contribution in [-0.4, -0.2) is 52.4 Å². The maximum atomic E-state index is 11.1. The lowest BCUT2D eigenvalue weighted by Gasteiger charge is -2.39. The number of nitrogens with zero attached hydrogens (tertiary/aromatic N) is 5. The summed E-state index contributed by atoms with van der Waals surface area (Å²) in [5.74, 6) is 1.02. The van der Waals surface area contributed by atoms with Gasteiger partial charge in [-0.15, -0.1) is 0 Å². The van der Waals surface area contributed by atoms with Crippen molar-refractivity contribution in [1.82, 2.24) is 20.2 Å². The highest BCUT2D eigenvalue weighted by Gasteiger charge is 2.37. The van der Waals surface area contributed by atoms with E-state index in [-0.39, 0.29) is 17.9 Å². The average Bonchev–Trinajstić information content (AvgIpc) is 2.98. The number of tetrazole rings is 1. The van der Waals surface area contributed by atoms with Crippen LogP contribution in [0.25, 0.3) is 0 Å². The van der Waals surface area contributed by atoms with E-state index in [2.05, 4.69) is 20.4 Å². The smallest absolute Gasteiger partial charge is 0.245 e. The van der Waals surface area contributed by atoms with E-state index in [0.717, 1.165) is 45.0 Å². The molecule has 1 atom stereocenters. The fourth-order valence-corrected chi connectivity index (χ4v) is 2.84. The zero-order valence-corrected chi connectivity index (χ0v) is 11.6. The normalized spacial score (nSPS) is 29.1. The Morgan fingerprint density at radius 1 is 1.55 bits per heavy atom. The molecule has 1 saturated carbocycles. The topological polar surface area (TPSA) is 99.2 Å². The minimum atomic E-state index is -0.211. The van der Waals surface area contributed by atoms with Gasteiger partial charge in [-0.2, -0.15) is 0 Å². The Kier molecular flexibility index (Phi) is 3.56. The molecule has 1 saturated heterocycles. The Balaban J connectivity index is 1.62. The van der Waals surface area contributed by atoms with Crippen LogP contribution in [0.3, 0.4) is 0 Å². The molecule has 1 aromatic rings. The molecule has 3 rings (SSSR count). The molecule has 2 aliphatic rings. The van der Waals surface area contributed by atoms with Gasteiger partial charge in [0, 0.05) is 31.5 Å². The first kappa shape index (κ1) is 13.3. The number of anilines is 1. The van der Waals surface area contributed by atoms with Crippen molar-refractivity contribution in [3.8, 4) is 0 Å². The zero-order chi connectivity index (χ0) is 14.1. The summed E-state index contributed by atoms with van der Waals surface area (Å²) in [6.07, 6.45) is 2.62. The number of hydrogen-bond acceptors (Lipinski definition) is 6. The number of amides is 1. The molecule has 1 amide bonds. The van der Waals surface area contributed by atoms with Crippen LogP contribution in [0, 0.1) is 11.8 Å². The summed E-state index contributed by atoms with van der Waals surface area (Å²) in [7, 11) is 1.97. The molecule has 110 valence electrons. The van der Waals surface area contributed by atoms with E-state index < -0.39 is 0 Å². The van der Waals surface area contributed by atoms with Crippen molar-refractivity contribution in [3.63, 3.8) is 0 Å². The van der Waals surface area contributed by atoms with Crippen molar-refractivity contribution in [2.45, 2.75) is 31.8 Å². The lowest BCUT2D eigenvalue weighted by molar-refractivity contribution is -0.124. The Morgan fingerprint density at radius 3 is 3.00 bits per heavy atom. The maximum Gasteiger partial charge on any atom is 0.245 e. The van der Waals surface area contributed by atoms with Gasteiger partial charge in [-0.1, -0.05) is 5.10 Å². The first-order valence-corrected chi connectivity index (χ1v) is 7.01. The van der Waals surface area contributed by atoms with E-state index in [1.54, 1.807) is 0 Å². The van der Waals surface area contributed by atoms with E-state index in [4.69, 9.17) is 10.5 Å². The molecule has 0 spiro atoms. The predicted molar refractivity (Wildman–Crippen MR) is 70.9 cm³/mol. The van der Waals surface area contributed by atoms with Gasteiger partial charge in [0.2, 0.25) is 11.9 Å². The summed E-state index contributed by atoms with van der Waals surface area (Å²) in [5.41, 5.74) is 5.30. The second-order valence-electron chi connectivity index (χ2n) is 5.73. The van der Waals surface area contributed by atoms with E-state index in [0.29, 0.717) is 5.92 Å². The number of carbonyl (C=O) groups is 1. The van der Waals surface area contributed by atoms with Crippen LogP contribution in [0.1, 0.15) is 19.3 Å². The molecule has 0 aromatic carbocycles. The average molecular weight is 280 g/mol. The SMILES string of the molecule is CN(c1nnnn1CC1CCOC1)C1CC(C(N)=O)C1. The number of aromatic nitrogens is 4. The molecule has 1 aromatic heterocycles. The molecular formula is C12H20N6O2. The van der Waals surface area contributed by atoms with Crippen molar-refractivity contribution < 1.29 is 9.53 Å². The highest BCUT2D eigenvalue weighted by Crippen LogP contribution is 2.32. The van der Waals surface area contributed by atoms with E-state index >= 15 is 0 Å². The number of nitrogens with two attached hydrogens (primary N) is 1. The molecule has 2 heterocycles. The van der Waals surface area contributed by atoms with Gasteiger partial charge in [-0.3, -0.25) is 4.79 Å². The number of rotatable bonds is 5. The lowest BCUT2D eigenvalue weighted by Crippen LogP contribution is -2.48. The van der Waals surface area contributed by atoms with Crippen molar-refractivity contribution in [1.29, 1.82) is 0 Å². The first-order valence-electron chi connectivity index (χ1n) is 7.01. The minimum absolute atomic E-state index is 0.00462. The van der Waals surface area contributed by atoms with Crippen LogP contribution < -0.4 is 10.6 Å². The summed E-state index contributed by atoms with van der Waals surface area (Å²) in [5, 5.41) is 11.9. The molecule has 0 bridgehead atoms. The number of hydrogen-bond donors (Lipinski definition) is 1. The Bertz CT molecular complexity index is 478. The van der Waals surface area contributed by atoms with Gasteiger partial charge in [-0.05, 0) is 29.7 Å². The van der Waals surface area contributed by atoms with E-state index in [1.165, 1.54) is 0 Å². The fraction of sp³-hybridized carbons (Fsp3) is 0.833. The molecule has 20 heavy (non-hydrogen) atoms. The highest BCUT2D eigenvalue weighted by molar-refractivity contribution is 5.78. The summed E-state index contributed by atoms with van der Waals surface area (Å²) in [6.45, 7) is 2.37. The summed E-state index contributed by atoms with van der Waals surface area (Å²) in [6, 6.07) is 0.289. The Morgan fingerprint density at radius 2 is 2.35 bits per heavy atom. The van der Waals surface area contributed by atoms with Crippen LogP contribution in [0.2, 0.25) is 0 Å². The third kappa shape index (κ3) is 2.47. The second-order valence-corrected chi connectivity index (χ2v) is 5.73. The molecule has 1 aliphatic carbocycles. The monoisotopic (exact) mass is 280 g/mol. The van der Waals surface area contributed by atoms with Gasteiger partial charge in [-0.25, -0.2) is 4.68 Å². The quantitative estimate of drug-likeness (QED) is 0.774. The number of primary amides is 1. The number of ether oxygens (including phenoxy) is 1. The number of carbonyl (C=O) groups excluding carboxylic acids is 1. The van der Waals surface area contributed by atoms with Crippen LogP contribution >= 0.6 is 0 Å².